The number of aryl methyl sites for hydroxylation is 1. The van der Waals surface area contributed by atoms with Crippen molar-refractivity contribution in [2.45, 2.75) is 6.18 Å². The number of nitrogens with zero attached hydrogens (tertiary/aromatic N) is 4. The zero-order chi connectivity index (χ0) is 13.6. The van der Waals surface area contributed by atoms with Crippen molar-refractivity contribution in [2.75, 3.05) is 0 Å². The molecule has 1 aromatic carbocycles. The zero-order valence-electron chi connectivity index (χ0n) is 9.89. The summed E-state index contributed by atoms with van der Waals surface area (Å²) in [6.07, 6.45) is 0.520. The first-order valence-corrected chi connectivity index (χ1v) is 5.48. The van der Waals surface area contributed by atoms with Crippen molar-refractivity contribution in [1.29, 1.82) is 0 Å². The number of halogens is 3. The molecule has 0 saturated carbocycles. The number of hydrogen-bond acceptors (Lipinski definition) is 2. The summed E-state index contributed by atoms with van der Waals surface area (Å²) < 4.78 is 41.1. The summed E-state index contributed by atoms with van der Waals surface area (Å²) >= 11 is 0. The molecule has 0 N–H and O–H groups in total. The van der Waals surface area contributed by atoms with Gasteiger partial charge in [-0.05, 0) is 18.2 Å². The number of benzene rings is 1. The van der Waals surface area contributed by atoms with Crippen molar-refractivity contribution >= 4 is 11.0 Å². The Hall–Kier alpha value is -2.31. The second-order valence-electron chi connectivity index (χ2n) is 4.19. The Bertz CT molecular complexity index is 739. The zero-order valence-corrected chi connectivity index (χ0v) is 9.89. The highest BCUT2D eigenvalue weighted by Crippen LogP contribution is 2.31. The molecule has 2 aromatic heterocycles. The summed E-state index contributed by atoms with van der Waals surface area (Å²) in [5, 5.41) is 4.02. The minimum atomic E-state index is -4.35. The molecule has 0 aliphatic carbocycles. The standard InChI is InChI=1S/C12H9F3N4/c1-18-6-9(5-17-18)19-7-16-10-4-8(12(13,14)15)2-3-11(10)19/h2-7H,1H3. The van der Waals surface area contributed by atoms with Gasteiger partial charge in [-0.25, -0.2) is 4.98 Å². The van der Waals surface area contributed by atoms with Crippen LogP contribution >= 0.6 is 0 Å². The summed E-state index contributed by atoms with van der Waals surface area (Å²) in [4.78, 5) is 4.00. The van der Waals surface area contributed by atoms with Crippen molar-refractivity contribution in [3.63, 3.8) is 0 Å². The van der Waals surface area contributed by atoms with Crippen LogP contribution in [0, 0.1) is 0 Å². The number of aromatic nitrogens is 4. The van der Waals surface area contributed by atoms with E-state index in [0.29, 0.717) is 11.0 Å². The largest absolute Gasteiger partial charge is 0.416 e. The van der Waals surface area contributed by atoms with Gasteiger partial charge in [0, 0.05) is 13.2 Å². The van der Waals surface area contributed by atoms with Crippen LogP contribution in [-0.4, -0.2) is 19.3 Å². The molecule has 0 atom stereocenters. The molecule has 7 heteroatoms. The fourth-order valence-electron chi connectivity index (χ4n) is 1.93. The van der Waals surface area contributed by atoms with E-state index in [1.807, 2.05) is 0 Å². The lowest BCUT2D eigenvalue weighted by atomic mass is 10.2. The van der Waals surface area contributed by atoms with Crippen LogP contribution in [0.4, 0.5) is 13.2 Å². The molecule has 2 heterocycles. The van der Waals surface area contributed by atoms with E-state index >= 15 is 0 Å². The Morgan fingerprint density at radius 3 is 2.63 bits per heavy atom. The van der Waals surface area contributed by atoms with Gasteiger partial charge < -0.3 is 0 Å². The Balaban J connectivity index is 2.15. The molecule has 4 nitrogen and oxygen atoms in total. The van der Waals surface area contributed by atoms with E-state index < -0.39 is 11.7 Å². The van der Waals surface area contributed by atoms with E-state index in [9.17, 15) is 13.2 Å². The van der Waals surface area contributed by atoms with Gasteiger partial charge in [0.1, 0.15) is 6.33 Å². The summed E-state index contributed by atoms with van der Waals surface area (Å²) in [5.41, 5.74) is 0.973. The van der Waals surface area contributed by atoms with Gasteiger partial charge in [-0.3, -0.25) is 9.25 Å². The van der Waals surface area contributed by atoms with E-state index in [1.54, 1.807) is 28.7 Å². The maximum atomic E-state index is 12.6. The number of hydrogen-bond donors (Lipinski definition) is 0. The minimum Gasteiger partial charge on any atom is -0.296 e. The van der Waals surface area contributed by atoms with E-state index in [-0.39, 0.29) is 0 Å². The molecule has 0 radical (unpaired) electrons. The van der Waals surface area contributed by atoms with E-state index in [1.165, 1.54) is 12.4 Å². The van der Waals surface area contributed by atoms with E-state index in [2.05, 4.69) is 10.1 Å². The monoisotopic (exact) mass is 266 g/mol. The molecule has 0 aliphatic heterocycles. The molecular formula is C12H9F3N4. The van der Waals surface area contributed by atoms with Gasteiger partial charge in [0.15, 0.2) is 0 Å². The van der Waals surface area contributed by atoms with Gasteiger partial charge in [0.2, 0.25) is 0 Å². The average Bonchev–Trinajstić information content (AvgIpc) is 2.92. The predicted molar refractivity (Wildman–Crippen MR) is 62.8 cm³/mol. The van der Waals surface area contributed by atoms with Gasteiger partial charge in [-0.2, -0.15) is 18.3 Å². The number of fused-ring (bicyclic) bond motifs is 1. The van der Waals surface area contributed by atoms with E-state index in [0.717, 1.165) is 17.8 Å². The van der Waals surface area contributed by atoms with Crippen molar-refractivity contribution in [1.82, 2.24) is 19.3 Å². The van der Waals surface area contributed by atoms with Crippen molar-refractivity contribution in [2.24, 2.45) is 7.05 Å². The highest BCUT2D eigenvalue weighted by atomic mass is 19.4. The molecule has 0 fully saturated rings. The van der Waals surface area contributed by atoms with Crippen LogP contribution in [0.5, 0.6) is 0 Å². The number of imidazole rings is 1. The van der Waals surface area contributed by atoms with Crippen LogP contribution in [0.1, 0.15) is 5.56 Å². The Morgan fingerprint density at radius 2 is 2.00 bits per heavy atom. The molecular weight excluding hydrogens is 257 g/mol. The molecule has 0 unspecified atom stereocenters. The van der Waals surface area contributed by atoms with Gasteiger partial charge in [-0.1, -0.05) is 0 Å². The van der Waals surface area contributed by atoms with Gasteiger partial charge in [0.05, 0.1) is 28.5 Å². The fraction of sp³-hybridized carbons (Fsp3) is 0.167. The van der Waals surface area contributed by atoms with E-state index in [4.69, 9.17) is 0 Å². The highest BCUT2D eigenvalue weighted by Gasteiger charge is 2.30. The Kier molecular flexibility index (Phi) is 2.38. The van der Waals surface area contributed by atoms with Crippen molar-refractivity contribution in [3.8, 4) is 5.69 Å². The van der Waals surface area contributed by atoms with Gasteiger partial charge in [0.25, 0.3) is 0 Å². The van der Waals surface area contributed by atoms with Gasteiger partial charge in [-0.15, -0.1) is 0 Å². The third kappa shape index (κ3) is 1.96. The minimum absolute atomic E-state index is 0.304. The summed E-state index contributed by atoms with van der Waals surface area (Å²) in [6.45, 7) is 0. The van der Waals surface area contributed by atoms with Crippen LogP contribution in [-0.2, 0) is 13.2 Å². The van der Waals surface area contributed by atoms with Crippen LogP contribution in [0.15, 0.2) is 36.9 Å². The van der Waals surface area contributed by atoms with Gasteiger partial charge >= 0.3 is 6.18 Å². The maximum absolute atomic E-state index is 12.6. The lowest BCUT2D eigenvalue weighted by molar-refractivity contribution is -0.137. The number of alkyl halides is 3. The second-order valence-corrected chi connectivity index (χ2v) is 4.19. The lowest BCUT2D eigenvalue weighted by Crippen LogP contribution is -2.04. The SMILES string of the molecule is Cn1cc(-n2cnc3cc(C(F)(F)F)ccc32)cn1. The molecule has 3 rings (SSSR count). The summed E-state index contributed by atoms with van der Waals surface area (Å²) in [5.74, 6) is 0. The average molecular weight is 266 g/mol. The maximum Gasteiger partial charge on any atom is 0.416 e. The normalized spacial score (nSPS) is 12.2. The molecule has 0 aliphatic rings. The second kappa shape index (κ2) is 3.84. The number of rotatable bonds is 1. The lowest BCUT2D eigenvalue weighted by Gasteiger charge is -2.06. The fourth-order valence-corrected chi connectivity index (χ4v) is 1.93. The van der Waals surface area contributed by atoms with Crippen molar-refractivity contribution in [3.05, 3.63) is 42.5 Å². The van der Waals surface area contributed by atoms with Crippen LogP contribution in [0.2, 0.25) is 0 Å². The van der Waals surface area contributed by atoms with Crippen LogP contribution < -0.4 is 0 Å². The molecule has 19 heavy (non-hydrogen) atoms. The Labute approximate surface area is 106 Å². The first-order chi connectivity index (χ1) is 8.95. The Morgan fingerprint density at radius 1 is 1.21 bits per heavy atom. The third-order valence-corrected chi connectivity index (χ3v) is 2.84. The van der Waals surface area contributed by atoms with Crippen LogP contribution in [0.3, 0.4) is 0 Å². The predicted octanol–water partition coefficient (Wildman–Crippen LogP) is 2.78. The quantitative estimate of drug-likeness (QED) is 0.679. The highest BCUT2D eigenvalue weighted by molar-refractivity contribution is 5.78. The van der Waals surface area contributed by atoms with Crippen molar-refractivity contribution < 1.29 is 13.2 Å². The van der Waals surface area contributed by atoms with Crippen LogP contribution in [0.25, 0.3) is 16.7 Å². The molecule has 98 valence electrons. The molecule has 0 bridgehead atoms. The molecule has 0 saturated heterocycles. The first kappa shape index (κ1) is 11.8. The molecule has 0 spiro atoms. The summed E-state index contributed by atoms with van der Waals surface area (Å²) in [6, 6.07) is 3.51. The molecule has 0 amide bonds. The first-order valence-electron chi connectivity index (χ1n) is 5.48. The third-order valence-electron chi connectivity index (χ3n) is 2.84. The smallest absolute Gasteiger partial charge is 0.296 e. The summed E-state index contributed by atoms with van der Waals surface area (Å²) in [7, 11) is 1.77. The molecule has 3 aromatic rings. The topological polar surface area (TPSA) is 35.6 Å².